The van der Waals surface area contributed by atoms with Crippen molar-refractivity contribution in [2.24, 2.45) is 10.7 Å². The Morgan fingerprint density at radius 2 is 2.19 bits per heavy atom. The van der Waals surface area contributed by atoms with Gasteiger partial charge in [0.15, 0.2) is 0 Å². The van der Waals surface area contributed by atoms with Gasteiger partial charge in [0.2, 0.25) is 0 Å². The van der Waals surface area contributed by atoms with Crippen LogP contribution in [0.2, 0.25) is 0 Å². The summed E-state index contributed by atoms with van der Waals surface area (Å²) in [5.74, 6) is -0.341. The monoisotopic (exact) mass is 223 g/mol. The van der Waals surface area contributed by atoms with Gasteiger partial charge in [-0.1, -0.05) is 0 Å². The molecule has 16 heavy (non-hydrogen) atoms. The number of nitrogens with zero attached hydrogens (tertiary/aromatic N) is 1. The normalized spacial score (nSPS) is 24.8. The number of ether oxygens (including phenoxy) is 1. The highest BCUT2D eigenvalue weighted by atomic mass is 19.1. The molecule has 1 aliphatic heterocycles. The van der Waals surface area contributed by atoms with E-state index in [2.05, 4.69) is 4.99 Å². The molecule has 0 spiro atoms. The maximum atomic E-state index is 13.7. The molecule has 1 aliphatic rings. The molecule has 0 unspecified atom stereocenters. The zero-order valence-corrected chi connectivity index (χ0v) is 9.03. The van der Waals surface area contributed by atoms with Crippen molar-refractivity contribution in [1.82, 2.24) is 0 Å². The molecule has 0 aromatic heterocycles. The molecule has 1 aromatic carbocycles. The van der Waals surface area contributed by atoms with E-state index >= 15 is 0 Å². The fourth-order valence-corrected chi connectivity index (χ4v) is 1.83. The molecule has 0 saturated carbocycles. The van der Waals surface area contributed by atoms with E-state index in [0.717, 1.165) is 0 Å². The Morgan fingerprint density at radius 1 is 1.44 bits per heavy atom. The topological polar surface area (TPSA) is 73.6 Å². The number of halogens is 1. The average Bonchev–Trinajstić information content (AvgIpc) is 2.21. The highest BCUT2D eigenvalue weighted by Gasteiger charge is 2.34. The number of anilines is 1. The van der Waals surface area contributed by atoms with Gasteiger partial charge in [-0.15, -0.1) is 0 Å². The molecule has 1 atom stereocenters. The smallest absolute Gasteiger partial charge is 0.282 e. The van der Waals surface area contributed by atoms with Crippen LogP contribution in [0.25, 0.3) is 0 Å². The molecule has 5 heteroatoms. The molecule has 0 radical (unpaired) electrons. The molecule has 0 saturated heterocycles. The largest absolute Gasteiger partial charge is 0.454 e. The summed E-state index contributed by atoms with van der Waals surface area (Å²) in [6.45, 7) is 2.31. The second-order valence-electron chi connectivity index (χ2n) is 4.04. The van der Waals surface area contributed by atoms with E-state index in [1.807, 2.05) is 0 Å². The third-order valence-electron chi connectivity index (χ3n) is 2.75. The molecular weight excluding hydrogens is 209 g/mol. The van der Waals surface area contributed by atoms with Crippen molar-refractivity contribution < 1.29 is 9.13 Å². The Labute approximate surface area is 93.1 Å². The lowest BCUT2D eigenvalue weighted by atomic mass is 9.91. The van der Waals surface area contributed by atoms with Gasteiger partial charge >= 0.3 is 0 Å². The van der Waals surface area contributed by atoms with Crippen molar-refractivity contribution >= 4 is 11.7 Å². The number of aliphatic imine (C=N–C) groups is 1. The molecule has 4 nitrogen and oxygen atoms in total. The van der Waals surface area contributed by atoms with Gasteiger partial charge in [0.25, 0.3) is 6.02 Å². The highest BCUT2D eigenvalue weighted by molar-refractivity contribution is 5.72. The van der Waals surface area contributed by atoms with E-state index in [9.17, 15) is 4.39 Å². The minimum atomic E-state index is -0.786. The first-order valence-electron chi connectivity index (χ1n) is 5.06. The van der Waals surface area contributed by atoms with Gasteiger partial charge in [-0.05, 0) is 25.1 Å². The van der Waals surface area contributed by atoms with Crippen LogP contribution in [0.1, 0.15) is 18.9 Å². The summed E-state index contributed by atoms with van der Waals surface area (Å²) in [7, 11) is 0. The van der Waals surface area contributed by atoms with Gasteiger partial charge in [-0.25, -0.2) is 9.38 Å². The van der Waals surface area contributed by atoms with Crippen LogP contribution in [0.15, 0.2) is 23.2 Å². The van der Waals surface area contributed by atoms with Crippen LogP contribution in [0.3, 0.4) is 0 Å². The van der Waals surface area contributed by atoms with Crippen molar-refractivity contribution in [3.63, 3.8) is 0 Å². The molecular formula is C11H14FN3O. The van der Waals surface area contributed by atoms with E-state index in [4.69, 9.17) is 16.2 Å². The maximum Gasteiger partial charge on any atom is 0.282 e. The summed E-state index contributed by atoms with van der Waals surface area (Å²) in [4.78, 5) is 3.92. The molecule has 0 fully saturated rings. The van der Waals surface area contributed by atoms with E-state index in [1.165, 1.54) is 12.1 Å². The summed E-state index contributed by atoms with van der Waals surface area (Å²) in [5.41, 5.74) is 11.3. The molecule has 2 rings (SSSR count). The Kier molecular flexibility index (Phi) is 2.46. The first-order valence-corrected chi connectivity index (χ1v) is 5.06. The van der Waals surface area contributed by atoms with Gasteiger partial charge in [0.05, 0.1) is 0 Å². The summed E-state index contributed by atoms with van der Waals surface area (Å²) in [6.07, 6.45) is 0.577. The maximum absolute atomic E-state index is 13.7. The van der Waals surface area contributed by atoms with Crippen molar-refractivity contribution in [2.75, 3.05) is 12.3 Å². The van der Waals surface area contributed by atoms with Crippen molar-refractivity contribution in [3.05, 3.63) is 29.6 Å². The van der Waals surface area contributed by atoms with Crippen LogP contribution in [0.4, 0.5) is 10.1 Å². The Bertz CT molecular complexity index is 447. The number of nitrogen functional groups attached to an aromatic ring is 1. The van der Waals surface area contributed by atoms with Crippen LogP contribution in [0.5, 0.6) is 0 Å². The molecule has 0 amide bonds. The lowest BCUT2D eigenvalue weighted by Gasteiger charge is -2.33. The first kappa shape index (κ1) is 10.7. The standard InChI is InChI=1S/C11H14FN3O/c1-11(4-5-15-10(14)16-11)8-6-7(13)2-3-9(8)12/h2-3,6H,4-5,13H2,1H3,(H2,14,15)/t11-/m0/s1. The van der Waals surface area contributed by atoms with Crippen LogP contribution in [-0.4, -0.2) is 12.6 Å². The third-order valence-corrected chi connectivity index (χ3v) is 2.75. The average molecular weight is 223 g/mol. The van der Waals surface area contributed by atoms with Crippen LogP contribution < -0.4 is 11.5 Å². The van der Waals surface area contributed by atoms with Crippen LogP contribution in [0, 0.1) is 5.82 Å². The SMILES string of the molecule is C[C@@]1(c2cc(N)ccc2F)CCN=C(N)O1. The molecule has 4 N–H and O–H groups in total. The van der Waals surface area contributed by atoms with E-state index < -0.39 is 5.60 Å². The lowest BCUT2D eigenvalue weighted by molar-refractivity contribution is 0.0482. The van der Waals surface area contributed by atoms with Gasteiger partial charge < -0.3 is 16.2 Å². The second-order valence-corrected chi connectivity index (χ2v) is 4.04. The van der Waals surface area contributed by atoms with Gasteiger partial charge in [0.1, 0.15) is 11.4 Å². The molecule has 0 aliphatic carbocycles. The number of rotatable bonds is 1. The number of benzene rings is 1. The lowest BCUT2D eigenvalue weighted by Crippen LogP contribution is -2.38. The predicted molar refractivity (Wildman–Crippen MR) is 60.4 cm³/mol. The fourth-order valence-electron chi connectivity index (χ4n) is 1.83. The predicted octanol–water partition coefficient (Wildman–Crippen LogP) is 1.36. The number of hydrogen-bond donors (Lipinski definition) is 2. The fraction of sp³-hybridized carbons (Fsp3) is 0.364. The van der Waals surface area contributed by atoms with Crippen LogP contribution >= 0.6 is 0 Å². The summed E-state index contributed by atoms with van der Waals surface area (Å²) >= 11 is 0. The molecule has 1 aromatic rings. The van der Waals surface area contributed by atoms with Crippen molar-refractivity contribution in [2.45, 2.75) is 18.9 Å². The summed E-state index contributed by atoms with van der Waals surface area (Å²) < 4.78 is 19.1. The Hall–Kier alpha value is -1.78. The molecule has 0 bridgehead atoms. The second kappa shape index (κ2) is 3.66. The Morgan fingerprint density at radius 3 is 2.88 bits per heavy atom. The van der Waals surface area contributed by atoms with Crippen molar-refractivity contribution in [1.29, 1.82) is 0 Å². The van der Waals surface area contributed by atoms with Crippen molar-refractivity contribution in [3.8, 4) is 0 Å². The number of amidine groups is 1. The Balaban J connectivity index is 2.43. The molecule has 1 heterocycles. The zero-order valence-electron chi connectivity index (χ0n) is 9.03. The highest BCUT2D eigenvalue weighted by Crippen LogP contribution is 2.34. The number of hydrogen-bond acceptors (Lipinski definition) is 4. The summed E-state index contributed by atoms with van der Waals surface area (Å²) in [6, 6.07) is 4.52. The number of nitrogens with two attached hydrogens (primary N) is 2. The van der Waals surface area contributed by atoms with E-state index in [0.29, 0.717) is 24.2 Å². The third kappa shape index (κ3) is 1.80. The van der Waals surface area contributed by atoms with E-state index in [-0.39, 0.29) is 11.8 Å². The minimum Gasteiger partial charge on any atom is -0.454 e. The van der Waals surface area contributed by atoms with Gasteiger partial charge in [0, 0.05) is 24.2 Å². The zero-order chi connectivity index (χ0) is 11.8. The first-order chi connectivity index (χ1) is 7.51. The molecule has 86 valence electrons. The van der Waals surface area contributed by atoms with Gasteiger partial charge in [-0.3, -0.25) is 0 Å². The summed E-state index contributed by atoms with van der Waals surface area (Å²) in [5, 5.41) is 0. The van der Waals surface area contributed by atoms with Gasteiger partial charge in [-0.2, -0.15) is 0 Å². The minimum absolute atomic E-state index is 0.0931. The van der Waals surface area contributed by atoms with E-state index in [1.54, 1.807) is 13.0 Å². The quantitative estimate of drug-likeness (QED) is 0.706. The van der Waals surface area contributed by atoms with Crippen LogP contribution in [-0.2, 0) is 10.3 Å².